The van der Waals surface area contributed by atoms with Gasteiger partial charge in [0, 0.05) is 6.54 Å². The summed E-state index contributed by atoms with van der Waals surface area (Å²) < 4.78 is 47.6. The molecule has 0 fully saturated rings. The highest BCUT2D eigenvalue weighted by Gasteiger charge is 2.14. The fourth-order valence-electron chi connectivity index (χ4n) is 2.50. The van der Waals surface area contributed by atoms with Gasteiger partial charge < -0.3 is 14.8 Å². The Morgan fingerprint density at radius 2 is 1.86 bits per heavy atom. The first-order chi connectivity index (χ1) is 13.8. The van der Waals surface area contributed by atoms with Crippen molar-refractivity contribution in [2.75, 3.05) is 26.0 Å². The lowest BCUT2D eigenvalue weighted by atomic mass is 10.2. The summed E-state index contributed by atoms with van der Waals surface area (Å²) in [5, 5.41) is 4.35. The van der Waals surface area contributed by atoms with E-state index in [1.165, 1.54) is 37.4 Å². The molecule has 7 nitrogen and oxygen atoms in total. The number of carbonyl (C=O) groups is 2. The van der Waals surface area contributed by atoms with E-state index in [9.17, 15) is 22.8 Å². The Morgan fingerprint density at radius 1 is 1.14 bits per heavy atom. The number of nitrogens with one attached hydrogen (secondary N) is 2. The second-order valence-electron chi connectivity index (χ2n) is 6.02. The van der Waals surface area contributed by atoms with Crippen molar-refractivity contribution in [2.45, 2.75) is 13.2 Å². The highest BCUT2D eigenvalue weighted by Crippen LogP contribution is 2.29. The van der Waals surface area contributed by atoms with E-state index >= 15 is 0 Å². The number of rotatable bonds is 8. The number of hydrogen-bond donors (Lipinski definition) is 2. The van der Waals surface area contributed by atoms with Gasteiger partial charge in [-0.05, 0) is 36.9 Å². The molecular weight excluding hydrogens is 391 g/mol. The molecule has 0 saturated heterocycles. The summed E-state index contributed by atoms with van der Waals surface area (Å²) in [5.41, 5.74) is 0.624. The first-order valence-corrected chi connectivity index (χ1v) is 8.44. The number of nitrogens with zero attached hydrogens (tertiary/aromatic N) is 1. The van der Waals surface area contributed by atoms with E-state index in [2.05, 4.69) is 15.4 Å². The average Bonchev–Trinajstić information content (AvgIpc) is 2.64. The Balaban J connectivity index is 1.88. The summed E-state index contributed by atoms with van der Waals surface area (Å²) in [6.07, 6.45) is 0. The highest BCUT2D eigenvalue weighted by atomic mass is 19.3. The molecule has 0 aromatic heterocycles. The van der Waals surface area contributed by atoms with Crippen LogP contribution in [0.5, 0.6) is 11.5 Å². The van der Waals surface area contributed by atoms with Crippen LogP contribution >= 0.6 is 0 Å². The lowest BCUT2D eigenvalue weighted by Crippen LogP contribution is -2.40. The first-order valence-electron chi connectivity index (χ1n) is 8.44. The van der Waals surface area contributed by atoms with Crippen LogP contribution in [0.1, 0.15) is 5.56 Å². The Hall–Kier alpha value is -3.27. The van der Waals surface area contributed by atoms with Gasteiger partial charge >= 0.3 is 12.6 Å². The number of carbonyl (C=O) groups excluding carboxylic acids is 2. The van der Waals surface area contributed by atoms with E-state index in [1.54, 1.807) is 24.1 Å². The van der Waals surface area contributed by atoms with Gasteiger partial charge in [0.1, 0.15) is 5.82 Å². The zero-order valence-corrected chi connectivity index (χ0v) is 15.7. The van der Waals surface area contributed by atoms with Gasteiger partial charge in [-0.3, -0.25) is 15.0 Å². The molecule has 0 unspecified atom stereocenters. The molecule has 156 valence electrons. The van der Waals surface area contributed by atoms with Crippen molar-refractivity contribution in [1.82, 2.24) is 10.2 Å². The van der Waals surface area contributed by atoms with Gasteiger partial charge in [0.2, 0.25) is 5.91 Å². The molecule has 10 heteroatoms. The van der Waals surface area contributed by atoms with Gasteiger partial charge in [0.05, 0.1) is 19.3 Å². The van der Waals surface area contributed by atoms with Gasteiger partial charge in [0.25, 0.3) is 0 Å². The Morgan fingerprint density at radius 3 is 2.52 bits per heavy atom. The summed E-state index contributed by atoms with van der Waals surface area (Å²) in [6.45, 7) is -2.84. The summed E-state index contributed by atoms with van der Waals surface area (Å²) >= 11 is 0. The van der Waals surface area contributed by atoms with Gasteiger partial charge in [-0.2, -0.15) is 8.78 Å². The Labute approximate surface area is 165 Å². The van der Waals surface area contributed by atoms with E-state index in [-0.39, 0.29) is 30.3 Å². The van der Waals surface area contributed by atoms with Crippen LogP contribution in [0.15, 0.2) is 42.5 Å². The molecule has 0 aliphatic heterocycles. The molecule has 0 atom stereocenters. The van der Waals surface area contributed by atoms with Crippen LogP contribution in [0, 0.1) is 5.82 Å². The quantitative estimate of drug-likeness (QED) is 0.697. The van der Waals surface area contributed by atoms with Gasteiger partial charge in [-0.25, -0.2) is 9.18 Å². The van der Waals surface area contributed by atoms with E-state index in [0.29, 0.717) is 5.56 Å². The van der Waals surface area contributed by atoms with Gasteiger partial charge in [-0.1, -0.05) is 18.2 Å². The van der Waals surface area contributed by atoms with Crippen molar-refractivity contribution in [1.29, 1.82) is 0 Å². The third kappa shape index (κ3) is 7.00. The summed E-state index contributed by atoms with van der Waals surface area (Å²) in [6, 6.07) is 9.10. The second-order valence-corrected chi connectivity index (χ2v) is 6.02. The third-order valence-electron chi connectivity index (χ3n) is 3.69. The fourth-order valence-corrected chi connectivity index (χ4v) is 2.50. The number of urea groups is 1. The number of likely N-dealkylation sites (N-methyl/N-ethyl adjacent to an activating group) is 1. The normalized spacial score (nSPS) is 10.7. The van der Waals surface area contributed by atoms with E-state index < -0.39 is 24.4 Å². The van der Waals surface area contributed by atoms with Gasteiger partial charge in [0.15, 0.2) is 11.5 Å². The molecule has 2 aromatic rings. The molecule has 0 bridgehead atoms. The summed E-state index contributed by atoms with van der Waals surface area (Å²) in [7, 11) is 2.95. The number of anilines is 1. The molecule has 0 heterocycles. The average molecular weight is 411 g/mol. The molecule has 0 saturated carbocycles. The van der Waals surface area contributed by atoms with Crippen LogP contribution in [0.2, 0.25) is 0 Å². The van der Waals surface area contributed by atoms with Crippen molar-refractivity contribution in [3.8, 4) is 11.5 Å². The van der Waals surface area contributed by atoms with Crippen LogP contribution < -0.4 is 20.1 Å². The number of amides is 3. The minimum absolute atomic E-state index is 0.0515. The van der Waals surface area contributed by atoms with Crippen molar-refractivity contribution in [2.24, 2.45) is 0 Å². The number of imide groups is 1. The minimum Gasteiger partial charge on any atom is -0.493 e. The Bertz CT molecular complexity index is 864. The zero-order chi connectivity index (χ0) is 21.4. The molecule has 2 aromatic carbocycles. The maximum Gasteiger partial charge on any atom is 0.387 e. The highest BCUT2D eigenvalue weighted by molar-refractivity contribution is 6.01. The smallest absolute Gasteiger partial charge is 0.387 e. The number of alkyl halides is 2. The molecule has 0 aliphatic carbocycles. The molecule has 0 radical (unpaired) electrons. The topological polar surface area (TPSA) is 79.9 Å². The van der Waals surface area contributed by atoms with Crippen molar-refractivity contribution >= 4 is 17.6 Å². The number of ether oxygens (including phenoxy) is 2. The van der Waals surface area contributed by atoms with E-state index in [4.69, 9.17) is 4.74 Å². The lowest BCUT2D eigenvalue weighted by molar-refractivity contribution is -0.120. The molecule has 0 spiro atoms. The van der Waals surface area contributed by atoms with Crippen molar-refractivity contribution in [3.05, 3.63) is 53.8 Å². The van der Waals surface area contributed by atoms with Crippen LogP contribution in [0.4, 0.5) is 23.7 Å². The van der Waals surface area contributed by atoms with Gasteiger partial charge in [-0.15, -0.1) is 0 Å². The Kier molecular flexibility index (Phi) is 7.84. The van der Waals surface area contributed by atoms with Crippen LogP contribution in [-0.4, -0.2) is 44.2 Å². The summed E-state index contributed by atoms with van der Waals surface area (Å²) in [4.78, 5) is 25.4. The number of halogens is 3. The molecule has 3 amide bonds. The monoisotopic (exact) mass is 411 g/mol. The third-order valence-corrected chi connectivity index (χ3v) is 3.69. The van der Waals surface area contributed by atoms with Crippen molar-refractivity contribution in [3.63, 3.8) is 0 Å². The molecule has 2 N–H and O–H groups in total. The number of para-hydroxylation sites is 1. The van der Waals surface area contributed by atoms with E-state index in [1.807, 2.05) is 0 Å². The number of benzene rings is 2. The van der Waals surface area contributed by atoms with Crippen LogP contribution in [-0.2, 0) is 11.3 Å². The van der Waals surface area contributed by atoms with Crippen LogP contribution in [0.25, 0.3) is 0 Å². The molecule has 29 heavy (non-hydrogen) atoms. The predicted molar refractivity (Wildman–Crippen MR) is 99.5 cm³/mol. The maximum absolute atomic E-state index is 13.5. The minimum atomic E-state index is -2.98. The SMILES string of the molecule is COc1cc(CN(C)CC(=O)NC(=O)Nc2ccccc2F)ccc1OC(F)F. The largest absolute Gasteiger partial charge is 0.493 e. The molecular formula is C19H20F3N3O4. The summed E-state index contributed by atoms with van der Waals surface area (Å²) in [5.74, 6) is -1.20. The van der Waals surface area contributed by atoms with Crippen molar-refractivity contribution < 1.29 is 32.2 Å². The molecule has 0 aliphatic rings. The van der Waals surface area contributed by atoms with E-state index in [0.717, 1.165) is 0 Å². The second kappa shape index (κ2) is 10.3. The number of hydrogen-bond acceptors (Lipinski definition) is 5. The first kappa shape index (κ1) is 22.0. The fraction of sp³-hybridized carbons (Fsp3) is 0.263. The van der Waals surface area contributed by atoms with Crippen LogP contribution in [0.3, 0.4) is 0 Å². The lowest BCUT2D eigenvalue weighted by Gasteiger charge is -2.17. The zero-order valence-electron chi connectivity index (χ0n) is 15.7. The predicted octanol–water partition coefficient (Wildman–Crippen LogP) is 3.22. The maximum atomic E-state index is 13.5. The number of methoxy groups -OCH3 is 1. The molecule has 2 rings (SSSR count). The standard InChI is InChI=1S/C19H20F3N3O4/c1-25(10-12-7-8-15(29-18(21)22)16(9-12)28-2)11-17(26)24-19(27)23-14-6-4-3-5-13(14)20/h3-9,18H,10-11H2,1-2H3,(H2,23,24,26,27).